The highest BCUT2D eigenvalue weighted by molar-refractivity contribution is 7.03. The molecule has 1 aromatic carbocycles. The predicted molar refractivity (Wildman–Crippen MR) is 91.1 cm³/mol. The second-order valence-electron chi connectivity index (χ2n) is 6.24. The van der Waals surface area contributed by atoms with Crippen LogP contribution in [0.3, 0.4) is 0 Å². The zero-order valence-corrected chi connectivity index (χ0v) is 14.1. The molecule has 1 aliphatic heterocycles. The maximum Gasteiger partial charge on any atom is 0.414 e. The number of nitrogens with one attached hydrogen (secondary N) is 1. The minimum Gasteiger partial charge on any atom is -0.442 e. The Morgan fingerprint density at radius 2 is 2.32 bits per heavy atom. The number of cyclic esters (lactones) is 1. The van der Waals surface area contributed by atoms with Crippen molar-refractivity contribution < 1.29 is 13.9 Å². The van der Waals surface area contributed by atoms with E-state index in [9.17, 15) is 14.4 Å². The molecule has 0 unspecified atom stereocenters. The lowest BCUT2D eigenvalue weighted by molar-refractivity contribution is 0.147. The van der Waals surface area contributed by atoms with Gasteiger partial charge in [-0.05, 0) is 42.6 Å². The van der Waals surface area contributed by atoms with Gasteiger partial charge in [0, 0.05) is 10.9 Å². The van der Waals surface area contributed by atoms with Crippen LogP contribution >= 0.6 is 11.5 Å². The van der Waals surface area contributed by atoms with Crippen LogP contribution < -0.4 is 10.2 Å². The van der Waals surface area contributed by atoms with Crippen LogP contribution in [-0.4, -0.2) is 29.7 Å². The van der Waals surface area contributed by atoms with Crippen molar-refractivity contribution in [1.29, 1.82) is 5.26 Å². The average molecular weight is 358 g/mol. The van der Waals surface area contributed by atoms with Crippen LogP contribution in [0.2, 0.25) is 0 Å². The Kier molecular flexibility index (Phi) is 3.81. The molecule has 4 rings (SSSR count). The van der Waals surface area contributed by atoms with Gasteiger partial charge in [-0.1, -0.05) is 6.07 Å². The lowest BCUT2D eigenvalue weighted by Crippen LogP contribution is -2.27. The quantitative estimate of drug-likeness (QED) is 0.887. The first-order valence-electron chi connectivity index (χ1n) is 7.95. The van der Waals surface area contributed by atoms with Crippen LogP contribution in [0.25, 0.3) is 0 Å². The summed E-state index contributed by atoms with van der Waals surface area (Å²) in [6.07, 6.45) is 0.510. The van der Waals surface area contributed by atoms with E-state index in [2.05, 4.69) is 15.8 Å². The number of hydrogen-bond acceptors (Lipinski definition) is 6. The van der Waals surface area contributed by atoms with Gasteiger partial charge in [-0.2, -0.15) is 9.64 Å². The van der Waals surface area contributed by atoms with E-state index >= 15 is 0 Å². The largest absolute Gasteiger partial charge is 0.442 e. The Hall–Kier alpha value is -2.66. The lowest BCUT2D eigenvalue weighted by atomic mass is 9.97. The highest BCUT2D eigenvalue weighted by Crippen LogP contribution is 2.48. The van der Waals surface area contributed by atoms with E-state index in [1.165, 1.54) is 22.5 Å². The van der Waals surface area contributed by atoms with Crippen LogP contribution in [0.15, 0.2) is 29.6 Å². The van der Waals surface area contributed by atoms with E-state index in [0.717, 1.165) is 5.82 Å². The molecule has 25 heavy (non-hydrogen) atoms. The maximum absolute atomic E-state index is 14.4. The molecule has 2 aromatic rings. The fourth-order valence-electron chi connectivity index (χ4n) is 2.99. The first-order chi connectivity index (χ1) is 12.1. The second-order valence-corrected chi connectivity index (χ2v) is 6.91. The highest BCUT2D eigenvalue weighted by atomic mass is 32.1. The van der Waals surface area contributed by atoms with Crippen molar-refractivity contribution in [1.82, 2.24) is 4.37 Å². The normalized spacial score (nSPS) is 20.9. The molecule has 0 radical (unpaired) electrons. The number of benzene rings is 1. The number of amides is 1. The first-order valence-corrected chi connectivity index (χ1v) is 8.79. The molecular weight excluding hydrogens is 343 g/mol. The SMILES string of the molecule is N#CC1(c2ccc(N3C[C@H](CNc4ccsn4)OC3=O)cc2F)CC1. The predicted octanol–water partition coefficient (Wildman–Crippen LogP) is 3.27. The summed E-state index contributed by atoms with van der Waals surface area (Å²) >= 11 is 1.34. The van der Waals surface area contributed by atoms with E-state index in [-0.39, 0.29) is 6.10 Å². The molecule has 1 atom stereocenters. The smallest absolute Gasteiger partial charge is 0.414 e. The van der Waals surface area contributed by atoms with Crippen molar-refractivity contribution >= 4 is 29.1 Å². The van der Waals surface area contributed by atoms with Crippen molar-refractivity contribution in [2.45, 2.75) is 24.4 Å². The van der Waals surface area contributed by atoms with Crippen molar-refractivity contribution in [2.24, 2.45) is 0 Å². The summed E-state index contributed by atoms with van der Waals surface area (Å²) in [7, 11) is 0. The van der Waals surface area contributed by atoms with E-state index in [4.69, 9.17) is 4.74 Å². The lowest BCUT2D eigenvalue weighted by Gasteiger charge is -2.15. The Balaban J connectivity index is 1.46. The van der Waals surface area contributed by atoms with Gasteiger partial charge < -0.3 is 10.1 Å². The molecular formula is C17H15FN4O2S. The highest BCUT2D eigenvalue weighted by Gasteiger charge is 2.47. The van der Waals surface area contributed by atoms with E-state index in [0.29, 0.717) is 37.2 Å². The molecule has 1 amide bonds. The molecule has 1 aromatic heterocycles. The Labute approximate surface area is 148 Å². The van der Waals surface area contributed by atoms with Crippen LogP contribution in [-0.2, 0) is 10.2 Å². The number of anilines is 2. The van der Waals surface area contributed by atoms with Gasteiger partial charge in [0.2, 0.25) is 0 Å². The van der Waals surface area contributed by atoms with Gasteiger partial charge in [0.1, 0.15) is 17.7 Å². The summed E-state index contributed by atoms with van der Waals surface area (Å²) in [5, 5.41) is 14.2. The molecule has 1 aliphatic carbocycles. The zero-order chi connectivity index (χ0) is 17.4. The van der Waals surface area contributed by atoms with E-state index in [1.807, 2.05) is 11.4 Å². The van der Waals surface area contributed by atoms with Crippen LogP contribution in [0.1, 0.15) is 18.4 Å². The van der Waals surface area contributed by atoms with Crippen LogP contribution in [0.5, 0.6) is 0 Å². The molecule has 1 N–H and O–H groups in total. The monoisotopic (exact) mass is 358 g/mol. The molecule has 128 valence electrons. The number of carbonyl (C=O) groups excluding carboxylic acids is 1. The molecule has 1 saturated carbocycles. The van der Waals surface area contributed by atoms with Gasteiger partial charge >= 0.3 is 6.09 Å². The van der Waals surface area contributed by atoms with Crippen LogP contribution in [0, 0.1) is 17.1 Å². The summed E-state index contributed by atoms with van der Waals surface area (Å²) in [6.45, 7) is 0.766. The molecule has 2 heterocycles. The Morgan fingerprint density at radius 1 is 1.48 bits per heavy atom. The number of aromatic nitrogens is 1. The topological polar surface area (TPSA) is 78.2 Å². The minimum absolute atomic E-state index is 0.331. The second kappa shape index (κ2) is 6.01. The summed E-state index contributed by atoms with van der Waals surface area (Å²) in [4.78, 5) is 13.5. The average Bonchev–Trinajstić information content (AvgIpc) is 3.04. The fraction of sp³-hybridized carbons (Fsp3) is 0.353. The fourth-order valence-corrected chi connectivity index (χ4v) is 3.48. The summed E-state index contributed by atoms with van der Waals surface area (Å²) in [5.74, 6) is 0.287. The van der Waals surface area contributed by atoms with Crippen molar-refractivity contribution in [3.8, 4) is 6.07 Å². The Bertz CT molecular complexity index is 845. The number of rotatable bonds is 5. The van der Waals surface area contributed by atoms with Gasteiger partial charge in [0.15, 0.2) is 0 Å². The number of hydrogen-bond donors (Lipinski definition) is 1. The zero-order valence-electron chi connectivity index (χ0n) is 13.2. The van der Waals surface area contributed by atoms with Gasteiger partial charge in [-0.3, -0.25) is 4.90 Å². The summed E-state index contributed by atoms with van der Waals surface area (Å²) < 4.78 is 23.9. The van der Waals surface area contributed by atoms with Gasteiger partial charge in [-0.25, -0.2) is 9.18 Å². The third-order valence-electron chi connectivity index (χ3n) is 4.57. The van der Waals surface area contributed by atoms with E-state index < -0.39 is 17.3 Å². The van der Waals surface area contributed by atoms with Gasteiger partial charge in [0.05, 0.1) is 30.3 Å². The maximum atomic E-state index is 14.4. The number of halogens is 1. The standard InChI is InChI=1S/C17H15FN4O2S/c18-14-7-11(1-2-13(14)17(10-19)4-5-17)22-9-12(24-16(22)23)8-20-15-3-6-25-21-15/h1-3,6-7,12H,4-5,8-9H2,(H,20,21)/t12-/m0/s1. The third kappa shape index (κ3) is 2.91. The van der Waals surface area contributed by atoms with Crippen molar-refractivity contribution in [3.05, 3.63) is 41.0 Å². The molecule has 0 bridgehead atoms. The van der Waals surface area contributed by atoms with Crippen molar-refractivity contribution in [3.63, 3.8) is 0 Å². The van der Waals surface area contributed by atoms with Crippen molar-refractivity contribution in [2.75, 3.05) is 23.3 Å². The number of nitrogens with zero attached hydrogens (tertiary/aromatic N) is 3. The molecule has 0 spiro atoms. The number of ether oxygens (including phenoxy) is 1. The minimum atomic E-state index is -0.686. The molecule has 2 fully saturated rings. The third-order valence-corrected chi connectivity index (χ3v) is 5.13. The summed E-state index contributed by atoms with van der Waals surface area (Å²) in [6, 6.07) is 8.62. The van der Waals surface area contributed by atoms with Gasteiger partial charge in [-0.15, -0.1) is 0 Å². The first kappa shape index (κ1) is 15.8. The molecule has 6 nitrogen and oxygen atoms in total. The molecule has 1 saturated heterocycles. The van der Waals surface area contributed by atoms with Gasteiger partial charge in [0.25, 0.3) is 0 Å². The molecule has 8 heteroatoms. The molecule has 2 aliphatic rings. The number of nitriles is 1. The van der Waals surface area contributed by atoms with Crippen LogP contribution in [0.4, 0.5) is 20.7 Å². The Morgan fingerprint density at radius 3 is 2.96 bits per heavy atom. The van der Waals surface area contributed by atoms with E-state index in [1.54, 1.807) is 12.1 Å². The number of carbonyl (C=O) groups is 1. The summed E-state index contributed by atoms with van der Waals surface area (Å²) in [5.41, 5.74) is 0.165.